The molecule has 0 fully saturated rings. The Morgan fingerprint density at radius 1 is 0.971 bits per heavy atom. The number of aryl methyl sites for hydroxylation is 2. The third kappa shape index (κ3) is 6.38. The van der Waals surface area contributed by atoms with Crippen LogP contribution < -0.4 is 24.4 Å². The third-order valence-corrected chi connectivity index (χ3v) is 5.34. The number of carbonyl (C=O) groups is 1. The summed E-state index contributed by atoms with van der Waals surface area (Å²) in [6, 6.07) is 6.50. The van der Waals surface area contributed by atoms with E-state index in [9.17, 15) is 9.59 Å². The highest BCUT2D eigenvalue weighted by Crippen LogP contribution is 2.38. The molecule has 3 aromatic rings. The second kappa shape index (κ2) is 11.4. The summed E-state index contributed by atoms with van der Waals surface area (Å²) >= 11 is 1.34. The van der Waals surface area contributed by atoms with Gasteiger partial charge < -0.3 is 23.4 Å². The molecule has 0 bridgehead atoms. The van der Waals surface area contributed by atoms with Crippen LogP contribution in [0.4, 0.5) is 0 Å². The number of esters is 1. The van der Waals surface area contributed by atoms with Crippen LogP contribution in [0.1, 0.15) is 22.7 Å². The van der Waals surface area contributed by atoms with Crippen LogP contribution in [0.15, 0.2) is 51.0 Å². The topological polar surface area (TPSA) is 110 Å². The number of hydrogen-bond donors (Lipinski definition) is 0. The highest BCUT2D eigenvalue weighted by Gasteiger charge is 2.13. The predicted molar refractivity (Wildman–Crippen MR) is 127 cm³/mol. The minimum absolute atomic E-state index is 0.212. The van der Waals surface area contributed by atoms with Crippen LogP contribution in [0.5, 0.6) is 23.0 Å². The molecule has 34 heavy (non-hydrogen) atoms. The Hall–Kier alpha value is -3.79. The van der Waals surface area contributed by atoms with Crippen molar-refractivity contribution in [3.8, 4) is 23.0 Å². The van der Waals surface area contributed by atoms with Crippen molar-refractivity contribution < 1.29 is 28.2 Å². The number of thioether (sulfide) groups is 1. The second-order valence-electron chi connectivity index (χ2n) is 7.01. The first-order valence-electron chi connectivity index (χ1n) is 10.1. The van der Waals surface area contributed by atoms with Crippen LogP contribution in [-0.4, -0.2) is 37.3 Å². The lowest BCUT2D eigenvalue weighted by molar-refractivity contribution is -0.129. The molecule has 2 heterocycles. The zero-order valence-electron chi connectivity index (χ0n) is 19.4. The fourth-order valence-electron chi connectivity index (χ4n) is 2.99. The fraction of sp³-hybridized carbons (Fsp3) is 0.250. The Bertz CT molecular complexity index is 1230. The van der Waals surface area contributed by atoms with Crippen molar-refractivity contribution in [1.29, 1.82) is 0 Å². The summed E-state index contributed by atoms with van der Waals surface area (Å²) in [5, 5.41) is 0.590. The Morgan fingerprint density at radius 3 is 2.18 bits per heavy atom. The number of carbonyl (C=O) groups excluding carboxylic acids is 1. The molecular formula is C24H24N2O7S. The molecule has 0 atom stereocenters. The maximum Gasteiger partial charge on any atom is 0.336 e. The molecule has 0 unspecified atom stereocenters. The van der Waals surface area contributed by atoms with Gasteiger partial charge in [-0.1, -0.05) is 11.8 Å². The number of hydrogen-bond acceptors (Lipinski definition) is 10. The predicted octanol–water partition coefficient (Wildman–Crippen LogP) is 3.98. The second-order valence-corrected chi connectivity index (χ2v) is 7.95. The molecule has 0 radical (unpaired) electrons. The van der Waals surface area contributed by atoms with E-state index in [0.29, 0.717) is 39.5 Å². The molecule has 0 N–H and O–H groups in total. The number of methoxy groups -OCH3 is 3. The van der Waals surface area contributed by atoms with Crippen LogP contribution in [0.3, 0.4) is 0 Å². The number of benzene rings is 1. The summed E-state index contributed by atoms with van der Waals surface area (Å²) < 4.78 is 26.4. The van der Waals surface area contributed by atoms with Gasteiger partial charge in [-0.05, 0) is 43.7 Å². The number of nitrogens with zero attached hydrogens (tertiary/aromatic N) is 2. The minimum atomic E-state index is -0.744. The lowest BCUT2D eigenvalue weighted by atomic mass is 10.1. The average molecular weight is 485 g/mol. The molecule has 0 amide bonds. The Labute approximate surface area is 200 Å². The fourth-order valence-corrected chi connectivity index (χ4v) is 3.83. The van der Waals surface area contributed by atoms with Gasteiger partial charge in [0.1, 0.15) is 12.0 Å². The summed E-state index contributed by atoms with van der Waals surface area (Å²) in [6.45, 7) is 3.77. The van der Waals surface area contributed by atoms with Crippen molar-refractivity contribution in [2.45, 2.75) is 24.8 Å². The van der Waals surface area contributed by atoms with E-state index in [1.165, 1.54) is 51.3 Å². The van der Waals surface area contributed by atoms with E-state index in [-0.39, 0.29) is 5.75 Å². The van der Waals surface area contributed by atoms with Gasteiger partial charge in [0.15, 0.2) is 16.7 Å². The van der Waals surface area contributed by atoms with Gasteiger partial charge in [0.2, 0.25) is 16.9 Å². The molecule has 10 heteroatoms. The van der Waals surface area contributed by atoms with Gasteiger partial charge in [-0.2, -0.15) is 0 Å². The highest BCUT2D eigenvalue weighted by atomic mass is 32.2. The van der Waals surface area contributed by atoms with Crippen molar-refractivity contribution in [3.63, 3.8) is 0 Å². The van der Waals surface area contributed by atoms with E-state index in [2.05, 4.69) is 9.97 Å². The molecule has 0 aliphatic rings. The van der Waals surface area contributed by atoms with Crippen molar-refractivity contribution >= 4 is 23.8 Å². The lowest BCUT2D eigenvalue weighted by Crippen LogP contribution is -2.12. The van der Waals surface area contributed by atoms with Crippen molar-refractivity contribution in [2.24, 2.45) is 0 Å². The summed E-state index contributed by atoms with van der Waals surface area (Å²) in [4.78, 5) is 33.3. The monoisotopic (exact) mass is 484 g/mol. The van der Waals surface area contributed by atoms with E-state index in [4.69, 9.17) is 23.4 Å². The van der Waals surface area contributed by atoms with E-state index >= 15 is 0 Å². The summed E-state index contributed by atoms with van der Waals surface area (Å²) in [5.41, 5.74) is 1.86. The molecule has 0 spiro atoms. The lowest BCUT2D eigenvalue weighted by Gasteiger charge is -2.12. The van der Waals surface area contributed by atoms with E-state index in [1.807, 2.05) is 19.9 Å². The molecule has 2 aromatic heterocycles. The minimum Gasteiger partial charge on any atom is -0.493 e. The molecule has 178 valence electrons. The maximum absolute atomic E-state index is 12.4. The van der Waals surface area contributed by atoms with E-state index in [0.717, 1.165) is 17.7 Å². The maximum atomic E-state index is 12.4. The van der Waals surface area contributed by atoms with Gasteiger partial charge in [-0.25, -0.2) is 14.8 Å². The summed E-state index contributed by atoms with van der Waals surface area (Å²) in [5.74, 6) is 1.12. The first kappa shape index (κ1) is 24.8. The summed E-state index contributed by atoms with van der Waals surface area (Å²) in [6.07, 6.45) is 3.80. The largest absolute Gasteiger partial charge is 0.493 e. The zero-order valence-corrected chi connectivity index (χ0v) is 20.2. The van der Waals surface area contributed by atoms with Crippen LogP contribution in [0, 0.1) is 13.8 Å². The first-order chi connectivity index (χ1) is 16.3. The van der Waals surface area contributed by atoms with Crippen molar-refractivity contribution in [2.75, 3.05) is 21.3 Å². The zero-order chi connectivity index (χ0) is 24.7. The summed E-state index contributed by atoms with van der Waals surface area (Å²) in [7, 11) is 4.49. The van der Waals surface area contributed by atoms with Gasteiger partial charge in [-0.3, -0.25) is 4.79 Å². The van der Waals surface area contributed by atoms with Crippen LogP contribution >= 0.6 is 11.8 Å². The van der Waals surface area contributed by atoms with Gasteiger partial charge in [0, 0.05) is 23.5 Å². The molecule has 0 aliphatic carbocycles. The van der Waals surface area contributed by atoms with Gasteiger partial charge in [-0.15, -0.1) is 0 Å². The molecule has 1 aromatic carbocycles. The van der Waals surface area contributed by atoms with Crippen LogP contribution in [-0.2, 0) is 10.5 Å². The Morgan fingerprint density at radius 2 is 1.62 bits per heavy atom. The quantitative estimate of drug-likeness (QED) is 0.191. The number of rotatable bonds is 9. The Balaban J connectivity index is 1.66. The van der Waals surface area contributed by atoms with E-state index in [1.54, 1.807) is 12.1 Å². The van der Waals surface area contributed by atoms with Gasteiger partial charge in [0.25, 0.3) is 0 Å². The molecule has 0 saturated carbocycles. The third-order valence-electron chi connectivity index (χ3n) is 4.47. The van der Waals surface area contributed by atoms with Crippen LogP contribution in [0.2, 0.25) is 0 Å². The molecule has 9 nitrogen and oxygen atoms in total. The number of aromatic nitrogens is 2. The molecular weight excluding hydrogens is 460 g/mol. The molecule has 3 rings (SSSR count). The smallest absolute Gasteiger partial charge is 0.336 e. The molecule has 0 aliphatic heterocycles. The van der Waals surface area contributed by atoms with Crippen molar-refractivity contribution in [3.05, 3.63) is 69.5 Å². The van der Waals surface area contributed by atoms with Gasteiger partial charge >= 0.3 is 5.97 Å². The van der Waals surface area contributed by atoms with Crippen LogP contribution in [0.25, 0.3) is 6.08 Å². The van der Waals surface area contributed by atoms with Gasteiger partial charge in [0.05, 0.1) is 27.1 Å². The average Bonchev–Trinajstić information content (AvgIpc) is 2.81. The van der Waals surface area contributed by atoms with E-state index < -0.39 is 11.4 Å². The Kier molecular flexibility index (Phi) is 8.31. The standard InChI is InChI=1S/C24H24N2O7S/c1-14-8-15(2)26-24(25-14)34-13-17-11-18(27)21(12-32-17)33-22(28)7-6-16-9-19(29-3)23(31-5)20(10-16)30-4/h6-12H,13H2,1-5H3. The normalized spacial score (nSPS) is 10.9. The SMILES string of the molecule is COc1cc(C=CC(=O)Oc2coc(CSc3nc(C)cc(C)n3)cc2=O)cc(OC)c1OC. The van der Waals surface area contributed by atoms with Crippen molar-refractivity contribution in [1.82, 2.24) is 9.97 Å². The first-order valence-corrected chi connectivity index (χ1v) is 11.1. The number of ether oxygens (including phenoxy) is 4. The highest BCUT2D eigenvalue weighted by molar-refractivity contribution is 7.98. The molecule has 0 saturated heterocycles.